The van der Waals surface area contributed by atoms with Crippen LogP contribution in [-0.4, -0.2) is 18.3 Å². The fourth-order valence-electron chi connectivity index (χ4n) is 1.16. The minimum atomic E-state index is -0.661. The van der Waals surface area contributed by atoms with E-state index < -0.39 is 6.17 Å². The number of rotatable bonds is 0. The lowest BCUT2D eigenvalue weighted by atomic mass is 9.91. The summed E-state index contributed by atoms with van der Waals surface area (Å²) in [6.45, 7) is 4.79. The van der Waals surface area contributed by atoms with Gasteiger partial charge >= 0.3 is 0 Å². The van der Waals surface area contributed by atoms with Gasteiger partial charge < -0.3 is 5.32 Å². The SMILES string of the molecule is CC1(C)NCCCC1F.Cl. The summed E-state index contributed by atoms with van der Waals surface area (Å²) in [5, 5.41) is 3.13. The molecule has 62 valence electrons. The molecule has 1 saturated heterocycles. The van der Waals surface area contributed by atoms with Crippen molar-refractivity contribution in [3.8, 4) is 0 Å². The fraction of sp³-hybridized carbons (Fsp3) is 1.00. The van der Waals surface area contributed by atoms with Crippen LogP contribution in [0.1, 0.15) is 26.7 Å². The number of hydrogen-bond donors (Lipinski definition) is 1. The summed E-state index contributed by atoms with van der Waals surface area (Å²) in [6.07, 6.45) is 1.04. The van der Waals surface area contributed by atoms with Gasteiger partial charge in [-0.25, -0.2) is 4.39 Å². The van der Waals surface area contributed by atoms with E-state index in [9.17, 15) is 4.39 Å². The predicted molar refractivity (Wildman–Crippen MR) is 43.5 cm³/mol. The highest BCUT2D eigenvalue weighted by Gasteiger charge is 2.31. The number of piperidine rings is 1. The molecule has 0 aromatic rings. The lowest BCUT2D eigenvalue weighted by Crippen LogP contribution is -2.51. The smallest absolute Gasteiger partial charge is 0.118 e. The van der Waals surface area contributed by atoms with Crippen LogP contribution in [0.25, 0.3) is 0 Å². The highest BCUT2D eigenvalue weighted by atomic mass is 35.5. The van der Waals surface area contributed by atoms with E-state index >= 15 is 0 Å². The molecule has 0 bridgehead atoms. The van der Waals surface area contributed by atoms with Gasteiger partial charge in [0.15, 0.2) is 0 Å². The number of alkyl halides is 1. The molecule has 1 atom stereocenters. The normalized spacial score (nSPS) is 30.9. The molecule has 1 rings (SSSR count). The zero-order valence-electron chi connectivity index (χ0n) is 6.48. The second-order valence-electron chi connectivity index (χ2n) is 3.26. The second-order valence-corrected chi connectivity index (χ2v) is 3.26. The molecule has 0 saturated carbocycles. The minimum Gasteiger partial charge on any atom is -0.309 e. The van der Waals surface area contributed by atoms with Crippen molar-refractivity contribution < 1.29 is 4.39 Å². The van der Waals surface area contributed by atoms with Gasteiger partial charge in [0.2, 0.25) is 0 Å². The fourth-order valence-corrected chi connectivity index (χ4v) is 1.16. The van der Waals surface area contributed by atoms with Crippen LogP contribution in [0.4, 0.5) is 4.39 Å². The Morgan fingerprint density at radius 1 is 1.50 bits per heavy atom. The average Bonchev–Trinajstić information content (AvgIpc) is 1.77. The average molecular weight is 168 g/mol. The van der Waals surface area contributed by atoms with Gasteiger partial charge in [-0.3, -0.25) is 0 Å². The summed E-state index contributed by atoms with van der Waals surface area (Å²) >= 11 is 0. The first-order chi connectivity index (χ1) is 4.13. The van der Waals surface area contributed by atoms with Crippen molar-refractivity contribution in [1.82, 2.24) is 5.32 Å². The lowest BCUT2D eigenvalue weighted by molar-refractivity contribution is 0.137. The van der Waals surface area contributed by atoms with Crippen LogP contribution in [-0.2, 0) is 0 Å². The molecular weight excluding hydrogens is 153 g/mol. The molecule has 1 nitrogen and oxygen atoms in total. The number of hydrogen-bond acceptors (Lipinski definition) is 1. The predicted octanol–water partition coefficient (Wildman–Crippen LogP) is 1.91. The second kappa shape index (κ2) is 3.54. The van der Waals surface area contributed by atoms with Gasteiger partial charge in [-0.1, -0.05) is 0 Å². The van der Waals surface area contributed by atoms with Gasteiger partial charge in [-0.15, -0.1) is 12.4 Å². The molecule has 0 spiro atoms. The first-order valence-electron chi connectivity index (χ1n) is 3.52. The Bertz CT molecular complexity index is 106. The standard InChI is InChI=1S/C7H14FN.ClH/c1-7(2)6(8)4-3-5-9-7;/h6,9H,3-5H2,1-2H3;1H. The van der Waals surface area contributed by atoms with Crippen molar-refractivity contribution in [3.63, 3.8) is 0 Å². The highest BCUT2D eigenvalue weighted by Crippen LogP contribution is 2.21. The Morgan fingerprint density at radius 3 is 2.40 bits per heavy atom. The van der Waals surface area contributed by atoms with Crippen molar-refractivity contribution in [1.29, 1.82) is 0 Å². The molecule has 3 heteroatoms. The molecular formula is C7H15ClFN. The van der Waals surface area contributed by atoms with Crippen molar-refractivity contribution in [2.24, 2.45) is 0 Å². The molecule has 1 aliphatic rings. The summed E-state index contributed by atoms with van der Waals surface area (Å²) < 4.78 is 12.9. The van der Waals surface area contributed by atoms with E-state index in [-0.39, 0.29) is 17.9 Å². The highest BCUT2D eigenvalue weighted by molar-refractivity contribution is 5.85. The third kappa shape index (κ3) is 2.10. The minimum absolute atomic E-state index is 0. The first-order valence-corrected chi connectivity index (χ1v) is 3.52. The van der Waals surface area contributed by atoms with Gasteiger partial charge in [0.05, 0.1) is 0 Å². The molecule has 1 fully saturated rings. The monoisotopic (exact) mass is 167 g/mol. The maximum atomic E-state index is 12.9. The third-order valence-electron chi connectivity index (χ3n) is 2.00. The van der Waals surface area contributed by atoms with E-state index in [2.05, 4.69) is 5.32 Å². The van der Waals surface area contributed by atoms with Crippen LogP contribution in [0, 0.1) is 0 Å². The van der Waals surface area contributed by atoms with Gasteiger partial charge in [0, 0.05) is 5.54 Å². The van der Waals surface area contributed by atoms with Crippen LogP contribution in [0.3, 0.4) is 0 Å². The molecule has 10 heavy (non-hydrogen) atoms. The topological polar surface area (TPSA) is 12.0 Å². The number of nitrogens with one attached hydrogen (secondary N) is 1. The van der Waals surface area contributed by atoms with E-state index in [0.717, 1.165) is 19.4 Å². The maximum absolute atomic E-state index is 12.9. The summed E-state index contributed by atoms with van der Waals surface area (Å²) in [6, 6.07) is 0. The van der Waals surface area contributed by atoms with E-state index in [1.807, 2.05) is 13.8 Å². The van der Waals surface area contributed by atoms with E-state index in [1.54, 1.807) is 0 Å². The third-order valence-corrected chi connectivity index (χ3v) is 2.00. The van der Waals surface area contributed by atoms with E-state index in [4.69, 9.17) is 0 Å². The molecule has 0 radical (unpaired) electrons. The molecule has 0 aromatic carbocycles. The van der Waals surface area contributed by atoms with Crippen LogP contribution in [0.2, 0.25) is 0 Å². The van der Waals surface area contributed by atoms with Crippen LogP contribution < -0.4 is 5.32 Å². The summed E-state index contributed by atoms with van der Waals surface area (Å²) in [5.74, 6) is 0. The Hall–Kier alpha value is 0.180. The van der Waals surface area contributed by atoms with E-state index in [1.165, 1.54) is 0 Å². The van der Waals surface area contributed by atoms with Crippen molar-refractivity contribution >= 4 is 12.4 Å². The summed E-state index contributed by atoms with van der Waals surface area (Å²) in [4.78, 5) is 0. The molecule has 1 unspecified atom stereocenters. The van der Waals surface area contributed by atoms with Crippen LogP contribution >= 0.6 is 12.4 Å². The Morgan fingerprint density at radius 2 is 2.10 bits per heavy atom. The van der Waals surface area contributed by atoms with Crippen molar-refractivity contribution in [2.45, 2.75) is 38.4 Å². The zero-order chi connectivity index (χ0) is 6.91. The van der Waals surface area contributed by atoms with Crippen LogP contribution in [0.15, 0.2) is 0 Å². The van der Waals surface area contributed by atoms with Gasteiger partial charge in [-0.05, 0) is 33.2 Å². The quantitative estimate of drug-likeness (QED) is 0.581. The molecule has 0 amide bonds. The molecule has 0 aromatic heterocycles. The Kier molecular flexibility index (Phi) is 3.60. The number of halogens is 2. The molecule has 0 aliphatic carbocycles. The Labute approximate surface area is 67.8 Å². The lowest BCUT2D eigenvalue weighted by Gasteiger charge is -2.34. The molecule has 1 heterocycles. The summed E-state index contributed by atoms with van der Waals surface area (Å²) in [7, 11) is 0. The maximum Gasteiger partial charge on any atom is 0.118 e. The summed E-state index contributed by atoms with van der Waals surface area (Å²) in [5.41, 5.74) is -0.280. The van der Waals surface area contributed by atoms with E-state index in [0.29, 0.717) is 0 Å². The first kappa shape index (κ1) is 10.2. The van der Waals surface area contributed by atoms with Gasteiger partial charge in [0.25, 0.3) is 0 Å². The van der Waals surface area contributed by atoms with Gasteiger partial charge in [0.1, 0.15) is 6.17 Å². The molecule has 1 N–H and O–H groups in total. The largest absolute Gasteiger partial charge is 0.309 e. The Balaban J connectivity index is 0.000000810. The van der Waals surface area contributed by atoms with Crippen molar-refractivity contribution in [3.05, 3.63) is 0 Å². The van der Waals surface area contributed by atoms with Crippen LogP contribution in [0.5, 0.6) is 0 Å². The van der Waals surface area contributed by atoms with Gasteiger partial charge in [-0.2, -0.15) is 0 Å². The van der Waals surface area contributed by atoms with Crippen molar-refractivity contribution in [2.75, 3.05) is 6.54 Å². The zero-order valence-corrected chi connectivity index (χ0v) is 7.30. The molecule has 1 aliphatic heterocycles.